The normalized spacial score (nSPS) is 27.4. The summed E-state index contributed by atoms with van der Waals surface area (Å²) in [7, 11) is 2.97. The SMILES string of the molecule is COc1ccc([C@@H]2[C@@H]3C(=O)N(C)C(=O)[C@@H]3[C@@H]3C(=O)Nc4ccccc4C(=O)N23)cc1. The van der Waals surface area contributed by atoms with E-state index in [1.165, 1.54) is 11.9 Å². The van der Waals surface area contributed by atoms with Crippen LogP contribution in [0.1, 0.15) is 22.0 Å². The monoisotopic (exact) mass is 405 g/mol. The van der Waals surface area contributed by atoms with Gasteiger partial charge in [-0.15, -0.1) is 0 Å². The maximum Gasteiger partial charge on any atom is 0.257 e. The molecule has 4 atom stereocenters. The van der Waals surface area contributed by atoms with Crippen molar-refractivity contribution in [1.29, 1.82) is 0 Å². The number of rotatable bonds is 2. The maximum atomic E-state index is 13.6. The Morgan fingerprint density at radius 1 is 0.867 bits per heavy atom. The predicted octanol–water partition coefficient (Wildman–Crippen LogP) is 1.44. The molecule has 2 saturated heterocycles. The summed E-state index contributed by atoms with van der Waals surface area (Å²) in [4.78, 5) is 55.2. The minimum Gasteiger partial charge on any atom is -0.497 e. The third-order valence-electron chi connectivity index (χ3n) is 6.27. The first-order valence-electron chi connectivity index (χ1n) is 9.62. The molecule has 3 aliphatic rings. The Bertz CT molecular complexity index is 1100. The standard InChI is InChI=1S/C22H19N3O5/c1-24-21(28)15-16(22(24)29)18-19(26)23-14-6-4-3-5-13(14)20(27)25(18)17(15)11-7-9-12(30-2)10-8-11/h3-10,15-18H,1-2H3,(H,23,26)/t15-,16+,17-,18-/m1/s1. The first kappa shape index (κ1) is 18.4. The molecule has 8 nitrogen and oxygen atoms in total. The van der Waals surface area contributed by atoms with E-state index in [1.807, 2.05) is 0 Å². The van der Waals surface area contributed by atoms with Gasteiger partial charge >= 0.3 is 0 Å². The Morgan fingerprint density at radius 2 is 1.50 bits per heavy atom. The van der Waals surface area contributed by atoms with Gasteiger partial charge in [-0.1, -0.05) is 24.3 Å². The van der Waals surface area contributed by atoms with Crippen LogP contribution in [-0.2, 0) is 14.4 Å². The Balaban J connectivity index is 1.71. The van der Waals surface area contributed by atoms with E-state index in [0.717, 1.165) is 4.90 Å². The van der Waals surface area contributed by atoms with E-state index in [9.17, 15) is 19.2 Å². The van der Waals surface area contributed by atoms with Crippen LogP contribution >= 0.6 is 0 Å². The lowest BCUT2D eigenvalue weighted by atomic mass is 9.86. The van der Waals surface area contributed by atoms with Gasteiger partial charge in [0.1, 0.15) is 11.8 Å². The number of nitrogens with one attached hydrogen (secondary N) is 1. The van der Waals surface area contributed by atoms with E-state index in [0.29, 0.717) is 22.6 Å². The van der Waals surface area contributed by atoms with Gasteiger partial charge in [-0.25, -0.2) is 0 Å². The summed E-state index contributed by atoms with van der Waals surface area (Å²) in [5, 5.41) is 2.77. The highest BCUT2D eigenvalue weighted by molar-refractivity contribution is 6.15. The number of imide groups is 1. The fourth-order valence-corrected chi connectivity index (χ4v) is 4.88. The van der Waals surface area contributed by atoms with E-state index in [2.05, 4.69) is 5.32 Å². The van der Waals surface area contributed by atoms with Gasteiger partial charge < -0.3 is 15.0 Å². The van der Waals surface area contributed by atoms with Crippen molar-refractivity contribution in [1.82, 2.24) is 9.80 Å². The van der Waals surface area contributed by atoms with Gasteiger partial charge in [-0.3, -0.25) is 24.1 Å². The van der Waals surface area contributed by atoms with Crippen molar-refractivity contribution in [3.05, 3.63) is 59.7 Å². The summed E-state index contributed by atoms with van der Waals surface area (Å²) in [5.74, 6) is -2.78. The van der Waals surface area contributed by atoms with Crippen LogP contribution < -0.4 is 10.1 Å². The number of carbonyl (C=O) groups is 4. The Morgan fingerprint density at radius 3 is 2.17 bits per heavy atom. The summed E-state index contributed by atoms with van der Waals surface area (Å²) in [6.45, 7) is 0. The molecular weight excluding hydrogens is 386 g/mol. The Hall–Kier alpha value is -3.68. The van der Waals surface area contributed by atoms with E-state index in [-0.39, 0.29) is 11.8 Å². The number of fused-ring (bicyclic) bond motifs is 4. The molecule has 0 spiro atoms. The van der Waals surface area contributed by atoms with Crippen molar-refractivity contribution in [2.24, 2.45) is 11.8 Å². The van der Waals surface area contributed by atoms with Gasteiger partial charge in [0.25, 0.3) is 5.91 Å². The smallest absolute Gasteiger partial charge is 0.257 e. The number of para-hydroxylation sites is 1. The number of amides is 4. The largest absolute Gasteiger partial charge is 0.497 e. The number of hydrogen-bond donors (Lipinski definition) is 1. The molecule has 0 radical (unpaired) electrons. The van der Waals surface area contributed by atoms with Crippen molar-refractivity contribution < 1.29 is 23.9 Å². The first-order chi connectivity index (χ1) is 14.4. The zero-order valence-corrected chi connectivity index (χ0v) is 16.4. The number of ether oxygens (including phenoxy) is 1. The number of likely N-dealkylation sites (tertiary alicyclic amines) is 1. The minimum atomic E-state index is -1.07. The number of methoxy groups -OCH3 is 1. The zero-order chi connectivity index (χ0) is 21.2. The molecule has 2 fully saturated rings. The van der Waals surface area contributed by atoms with Gasteiger partial charge in [0.2, 0.25) is 17.7 Å². The van der Waals surface area contributed by atoms with E-state index in [4.69, 9.17) is 4.74 Å². The van der Waals surface area contributed by atoms with E-state index >= 15 is 0 Å². The number of carbonyl (C=O) groups excluding carboxylic acids is 4. The lowest BCUT2D eigenvalue weighted by molar-refractivity contribution is -0.141. The highest BCUT2D eigenvalue weighted by Crippen LogP contribution is 2.51. The van der Waals surface area contributed by atoms with E-state index in [1.54, 1.807) is 55.6 Å². The second-order valence-electron chi connectivity index (χ2n) is 7.70. The average molecular weight is 405 g/mol. The van der Waals surface area contributed by atoms with Crippen LogP contribution in [-0.4, -0.2) is 53.6 Å². The summed E-state index contributed by atoms with van der Waals surface area (Å²) >= 11 is 0. The molecule has 4 amide bonds. The number of anilines is 1. The molecule has 30 heavy (non-hydrogen) atoms. The molecule has 0 unspecified atom stereocenters. The molecule has 5 rings (SSSR count). The minimum absolute atomic E-state index is 0.333. The molecule has 0 aromatic heterocycles. The van der Waals surface area contributed by atoms with Crippen molar-refractivity contribution in [3.8, 4) is 5.75 Å². The predicted molar refractivity (Wildman–Crippen MR) is 106 cm³/mol. The zero-order valence-electron chi connectivity index (χ0n) is 16.4. The molecule has 152 valence electrons. The van der Waals surface area contributed by atoms with Crippen LogP contribution in [0, 0.1) is 11.8 Å². The van der Waals surface area contributed by atoms with Gasteiger partial charge in [0.05, 0.1) is 36.2 Å². The van der Waals surface area contributed by atoms with Crippen molar-refractivity contribution in [2.75, 3.05) is 19.5 Å². The third-order valence-corrected chi connectivity index (χ3v) is 6.27. The molecule has 2 aromatic rings. The van der Waals surface area contributed by atoms with Crippen molar-refractivity contribution in [2.45, 2.75) is 12.1 Å². The number of benzene rings is 2. The van der Waals surface area contributed by atoms with Gasteiger partial charge in [-0.05, 0) is 29.8 Å². The molecule has 3 aliphatic heterocycles. The average Bonchev–Trinajstić information content (AvgIpc) is 3.19. The summed E-state index contributed by atoms with van der Waals surface area (Å²) in [5.41, 5.74) is 1.41. The molecule has 2 aromatic carbocycles. The lowest BCUT2D eigenvalue weighted by Gasteiger charge is -2.31. The fraction of sp³-hybridized carbons (Fsp3) is 0.273. The molecule has 1 N–H and O–H groups in total. The number of hydrogen-bond acceptors (Lipinski definition) is 5. The van der Waals surface area contributed by atoms with Gasteiger partial charge in [-0.2, -0.15) is 0 Å². The molecule has 8 heteroatoms. The van der Waals surface area contributed by atoms with Crippen LogP contribution in [0.25, 0.3) is 0 Å². The summed E-state index contributed by atoms with van der Waals surface area (Å²) in [6, 6.07) is 11.9. The van der Waals surface area contributed by atoms with Crippen molar-refractivity contribution >= 4 is 29.3 Å². The second kappa shape index (κ2) is 6.41. The van der Waals surface area contributed by atoms with Gasteiger partial charge in [0.15, 0.2) is 0 Å². The van der Waals surface area contributed by atoms with Crippen molar-refractivity contribution in [3.63, 3.8) is 0 Å². The lowest BCUT2D eigenvalue weighted by Crippen LogP contribution is -2.47. The summed E-state index contributed by atoms with van der Waals surface area (Å²) in [6.07, 6.45) is 0. The third kappa shape index (κ3) is 2.33. The fourth-order valence-electron chi connectivity index (χ4n) is 4.88. The molecule has 3 heterocycles. The highest BCUT2D eigenvalue weighted by Gasteiger charge is 2.65. The number of nitrogens with zero attached hydrogens (tertiary/aromatic N) is 2. The quantitative estimate of drug-likeness (QED) is 0.763. The van der Waals surface area contributed by atoms with Crippen LogP contribution in [0.15, 0.2) is 48.5 Å². The molecule has 0 aliphatic carbocycles. The van der Waals surface area contributed by atoms with Gasteiger partial charge in [0, 0.05) is 7.05 Å². The summed E-state index contributed by atoms with van der Waals surface area (Å²) < 4.78 is 5.21. The Labute approximate surface area is 172 Å². The maximum absolute atomic E-state index is 13.6. The first-order valence-corrected chi connectivity index (χ1v) is 9.62. The molecular formula is C22H19N3O5. The topological polar surface area (TPSA) is 96.0 Å². The molecule has 0 saturated carbocycles. The second-order valence-corrected chi connectivity index (χ2v) is 7.70. The van der Waals surface area contributed by atoms with E-state index < -0.39 is 35.7 Å². The van der Waals surface area contributed by atoms with Crippen LogP contribution in [0.4, 0.5) is 5.69 Å². The van der Waals surface area contributed by atoms with Crippen LogP contribution in [0.3, 0.4) is 0 Å². The molecule has 0 bridgehead atoms. The van der Waals surface area contributed by atoms with Crippen LogP contribution in [0.2, 0.25) is 0 Å². The Kier molecular flexibility index (Phi) is 3.92. The highest BCUT2D eigenvalue weighted by atomic mass is 16.5. The van der Waals surface area contributed by atoms with Crippen LogP contribution in [0.5, 0.6) is 5.75 Å².